The molecule has 8 heteroatoms. The number of aromatic nitrogens is 2. The molecule has 2 N–H and O–H groups in total. The summed E-state index contributed by atoms with van der Waals surface area (Å²) in [5.41, 5.74) is -1.77. The Hall–Kier alpha value is -3.13. The average Bonchev–Trinajstić information content (AvgIpc) is 3.23. The van der Waals surface area contributed by atoms with Gasteiger partial charge in [-0.15, -0.1) is 0 Å². The number of carbonyl (C=O) groups is 1. The van der Waals surface area contributed by atoms with Crippen LogP contribution in [0.1, 0.15) is 25.0 Å². The molecular weight excluding hydrogens is 395 g/mol. The van der Waals surface area contributed by atoms with Crippen LogP contribution in [0.15, 0.2) is 54.9 Å². The van der Waals surface area contributed by atoms with Gasteiger partial charge in [0, 0.05) is 28.9 Å². The fourth-order valence-electron chi connectivity index (χ4n) is 3.96. The second-order valence-corrected chi connectivity index (χ2v) is 7.63. The van der Waals surface area contributed by atoms with Crippen molar-refractivity contribution in [2.75, 3.05) is 0 Å². The molecule has 156 valence electrons. The van der Waals surface area contributed by atoms with Crippen LogP contribution in [0.4, 0.5) is 13.2 Å². The van der Waals surface area contributed by atoms with E-state index in [1.54, 1.807) is 24.4 Å². The Kier molecular flexibility index (Phi) is 4.69. The van der Waals surface area contributed by atoms with Gasteiger partial charge >= 0.3 is 6.18 Å². The van der Waals surface area contributed by atoms with E-state index in [-0.39, 0.29) is 29.6 Å². The van der Waals surface area contributed by atoms with Crippen LogP contribution in [0.3, 0.4) is 0 Å². The number of aliphatic hydroxyl groups is 1. The van der Waals surface area contributed by atoms with Crippen molar-refractivity contribution in [3.8, 4) is 22.3 Å². The van der Waals surface area contributed by atoms with Crippen LogP contribution in [0.5, 0.6) is 0 Å². The van der Waals surface area contributed by atoms with Gasteiger partial charge in [-0.05, 0) is 30.5 Å². The topological polar surface area (TPSA) is 67.2 Å². The van der Waals surface area contributed by atoms with Gasteiger partial charge in [0.25, 0.3) is 0 Å². The van der Waals surface area contributed by atoms with Crippen molar-refractivity contribution in [3.63, 3.8) is 0 Å². The van der Waals surface area contributed by atoms with Crippen molar-refractivity contribution in [1.82, 2.24) is 15.1 Å². The molecule has 0 saturated heterocycles. The predicted molar refractivity (Wildman–Crippen MR) is 105 cm³/mol. The first kappa shape index (κ1) is 20.2. The van der Waals surface area contributed by atoms with Crippen molar-refractivity contribution in [2.24, 2.45) is 0 Å². The molecule has 1 aliphatic carbocycles. The molecule has 0 bridgehead atoms. The van der Waals surface area contributed by atoms with Crippen LogP contribution >= 0.6 is 0 Å². The van der Waals surface area contributed by atoms with Gasteiger partial charge in [0.15, 0.2) is 0 Å². The van der Waals surface area contributed by atoms with Gasteiger partial charge in [0.2, 0.25) is 11.5 Å². The molecule has 2 aromatic carbocycles. The number of halogens is 3. The molecule has 1 unspecified atom stereocenters. The predicted octanol–water partition coefficient (Wildman–Crippen LogP) is 3.85. The maximum atomic E-state index is 14.0. The first-order chi connectivity index (χ1) is 14.1. The molecule has 1 heterocycles. The van der Waals surface area contributed by atoms with Gasteiger partial charge in [0.05, 0.1) is 6.20 Å². The van der Waals surface area contributed by atoms with Crippen LogP contribution in [-0.4, -0.2) is 33.0 Å². The van der Waals surface area contributed by atoms with E-state index in [4.69, 9.17) is 0 Å². The highest BCUT2D eigenvalue weighted by molar-refractivity contribution is 5.92. The molecule has 0 aliphatic heterocycles. The van der Waals surface area contributed by atoms with Crippen LogP contribution < -0.4 is 5.32 Å². The minimum absolute atomic E-state index is 0.00369. The Bertz CT molecular complexity index is 1120. The number of alkyl halides is 3. The van der Waals surface area contributed by atoms with Crippen molar-refractivity contribution in [3.05, 3.63) is 66.0 Å². The van der Waals surface area contributed by atoms with Crippen LogP contribution in [0, 0.1) is 0 Å². The molecule has 0 fully saturated rings. The molecule has 4 rings (SSSR count). The monoisotopic (exact) mass is 415 g/mol. The summed E-state index contributed by atoms with van der Waals surface area (Å²) in [5.74, 6) is -0.213. The third-order valence-electron chi connectivity index (χ3n) is 5.15. The summed E-state index contributed by atoms with van der Waals surface area (Å²) in [7, 11) is 0. The molecule has 0 radical (unpaired) electrons. The number of carbonyl (C=O) groups excluding carboxylic acids is 1. The van der Waals surface area contributed by atoms with Gasteiger partial charge in [-0.3, -0.25) is 9.48 Å². The highest BCUT2D eigenvalue weighted by atomic mass is 19.4. The quantitative estimate of drug-likeness (QED) is 0.680. The molecule has 0 spiro atoms. The molecule has 1 aromatic heterocycles. The molecule has 1 aliphatic rings. The molecule has 3 aromatic rings. The number of rotatable bonds is 4. The van der Waals surface area contributed by atoms with Crippen molar-refractivity contribution in [2.45, 2.75) is 38.2 Å². The van der Waals surface area contributed by atoms with E-state index >= 15 is 0 Å². The number of nitrogens with zero attached hydrogens (tertiary/aromatic N) is 2. The zero-order valence-corrected chi connectivity index (χ0v) is 16.4. The van der Waals surface area contributed by atoms with Crippen molar-refractivity contribution in [1.29, 1.82) is 0 Å². The summed E-state index contributed by atoms with van der Waals surface area (Å²) in [6, 6.07) is 10.4. The molecule has 30 heavy (non-hydrogen) atoms. The normalized spacial score (nSPS) is 17.7. The Labute approximate surface area is 171 Å². The number of benzene rings is 2. The van der Waals surface area contributed by atoms with E-state index in [1.807, 2.05) is 13.8 Å². The summed E-state index contributed by atoms with van der Waals surface area (Å²) >= 11 is 0. The Balaban J connectivity index is 1.81. The Morgan fingerprint density at radius 1 is 1.13 bits per heavy atom. The van der Waals surface area contributed by atoms with E-state index in [0.29, 0.717) is 22.3 Å². The first-order valence-electron chi connectivity index (χ1n) is 9.47. The number of nitrogens with one attached hydrogen (secondary N) is 1. The van der Waals surface area contributed by atoms with Gasteiger partial charge in [-0.1, -0.05) is 42.5 Å². The third kappa shape index (κ3) is 3.08. The zero-order valence-electron chi connectivity index (χ0n) is 16.4. The number of hydrogen-bond acceptors (Lipinski definition) is 3. The van der Waals surface area contributed by atoms with E-state index in [2.05, 4.69) is 10.4 Å². The number of hydrogen-bond donors (Lipinski definition) is 2. The van der Waals surface area contributed by atoms with Gasteiger partial charge in [-0.25, -0.2) is 0 Å². The highest BCUT2D eigenvalue weighted by Gasteiger charge is 2.61. The number of amides is 1. The molecule has 1 amide bonds. The lowest BCUT2D eigenvalue weighted by molar-refractivity contribution is -0.246. The zero-order chi connectivity index (χ0) is 21.7. The molecule has 1 atom stereocenters. The maximum absolute atomic E-state index is 14.0. The minimum Gasteiger partial charge on any atom is -0.372 e. The van der Waals surface area contributed by atoms with Gasteiger partial charge in [-0.2, -0.15) is 18.3 Å². The fraction of sp³-hybridized carbons (Fsp3) is 0.273. The first-order valence-corrected chi connectivity index (χ1v) is 9.47. The maximum Gasteiger partial charge on any atom is 0.425 e. The summed E-state index contributed by atoms with van der Waals surface area (Å²) < 4.78 is 43.4. The fourth-order valence-corrected chi connectivity index (χ4v) is 3.96. The molecule has 0 saturated carbocycles. The van der Waals surface area contributed by atoms with Crippen LogP contribution in [-0.2, 0) is 16.9 Å². The van der Waals surface area contributed by atoms with Crippen LogP contribution in [0.2, 0.25) is 0 Å². The van der Waals surface area contributed by atoms with E-state index in [9.17, 15) is 23.1 Å². The second-order valence-electron chi connectivity index (χ2n) is 7.63. The van der Waals surface area contributed by atoms with Crippen molar-refractivity contribution >= 4 is 5.91 Å². The largest absolute Gasteiger partial charge is 0.425 e. The summed E-state index contributed by atoms with van der Waals surface area (Å²) in [6.45, 7) is 3.69. The lowest BCUT2D eigenvalue weighted by Gasteiger charge is -2.28. The second kappa shape index (κ2) is 6.98. The minimum atomic E-state index is -4.88. The summed E-state index contributed by atoms with van der Waals surface area (Å²) in [5, 5.41) is 17.8. The Morgan fingerprint density at radius 3 is 2.50 bits per heavy atom. The van der Waals surface area contributed by atoms with E-state index < -0.39 is 11.8 Å². The lowest BCUT2D eigenvalue weighted by atomic mass is 9.89. The molecule has 5 nitrogen and oxygen atoms in total. The van der Waals surface area contributed by atoms with Crippen molar-refractivity contribution < 1.29 is 23.1 Å². The van der Waals surface area contributed by atoms with Crippen LogP contribution in [0.25, 0.3) is 22.3 Å². The Morgan fingerprint density at radius 2 is 1.80 bits per heavy atom. The smallest absolute Gasteiger partial charge is 0.372 e. The molecular formula is C22H20F3N3O2. The number of fused-ring (bicyclic) bond motifs is 3. The highest BCUT2D eigenvalue weighted by Crippen LogP contribution is 2.56. The van der Waals surface area contributed by atoms with E-state index in [0.717, 1.165) is 0 Å². The third-order valence-corrected chi connectivity index (χ3v) is 5.15. The van der Waals surface area contributed by atoms with E-state index in [1.165, 1.54) is 35.1 Å². The SMILES string of the molecule is CC(C)NC(=O)Cn1cc(-c2cccc3c2-c2ccccc2C3(O)C(F)(F)F)cn1. The van der Waals surface area contributed by atoms with Gasteiger partial charge in [0.1, 0.15) is 6.54 Å². The lowest BCUT2D eigenvalue weighted by Crippen LogP contribution is -2.41. The van der Waals surface area contributed by atoms with Gasteiger partial charge < -0.3 is 10.4 Å². The standard InChI is InChI=1S/C22H20F3N3O2/c1-13(2)27-19(29)12-28-11-14(10-26-28)15-7-5-9-18-20(15)16-6-3-4-8-17(16)21(18,30)22(23,24)25/h3-11,13,30H,12H2,1-2H3,(H,27,29). The average molecular weight is 415 g/mol. The summed E-state index contributed by atoms with van der Waals surface area (Å²) in [6.07, 6.45) is -1.76. The summed E-state index contributed by atoms with van der Waals surface area (Å²) in [4.78, 5) is 12.0.